The van der Waals surface area contributed by atoms with Gasteiger partial charge in [-0.2, -0.15) is 17.8 Å². The number of anilines is 1. The maximum Gasteiger partial charge on any atom is 0.277 e. The summed E-state index contributed by atoms with van der Waals surface area (Å²) < 4.78 is 26.8. The summed E-state index contributed by atoms with van der Waals surface area (Å²) in [6.45, 7) is 6.17. The minimum absolute atomic E-state index is 0.0157. The third-order valence-electron chi connectivity index (χ3n) is 5.55. The zero-order valence-electron chi connectivity index (χ0n) is 14.9. The molecule has 1 spiro atoms. The summed E-state index contributed by atoms with van der Waals surface area (Å²) >= 11 is 6.22. The van der Waals surface area contributed by atoms with Gasteiger partial charge in [-0.3, -0.25) is 0 Å². The second kappa shape index (κ2) is 6.05. The number of aryl methyl sites for hydroxylation is 1. The van der Waals surface area contributed by atoms with Crippen molar-refractivity contribution in [2.24, 2.45) is 10.6 Å². The summed E-state index contributed by atoms with van der Waals surface area (Å²) in [7, 11) is -3.64. The first kappa shape index (κ1) is 18.0. The fourth-order valence-electron chi connectivity index (χ4n) is 4.44. The van der Waals surface area contributed by atoms with Crippen LogP contribution >= 0.6 is 11.6 Å². The van der Waals surface area contributed by atoms with Crippen molar-refractivity contribution in [3.05, 3.63) is 23.1 Å². The Balaban J connectivity index is 1.48. The number of nitrogens with two attached hydrogens (primary N) is 1. The van der Waals surface area contributed by atoms with E-state index in [0.717, 1.165) is 49.2 Å². The van der Waals surface area contributed by atoms with Crippen molar-refractivity contribution in [2.75, 3.05) is 24.5 Å². The lowest BCUT2D eigenvalue weighted by Crippen LogP contribution is -2.67. The predicted molar refractivity (Wildman–Crippen MR) is 101 cm³/mol. The van der Waals surface area contributed by atoms with Gasteiger partial charge in [-0.1, -0.05) is 18.5 Å². The van der Waals surface area contributed by atoms with E-state index in [-0.39, 0.29) is 11.5 Å². The highest BCUT2D eigenvalue weighted by Gasteiger charge is 2.55. The lowest BCUT2D eigenvalue weighted by Gasteiger charge is -2.60. The van der Waals surface area contributed by atoms with Crippen LogP contribution in [0.4, 0.5) is 5.82 Å². The third kappa shape index (κ3) is 2.77. The molecular formula is C16H23ClN6O2S. The highest BCUT2D eigenvalue weighted by atomic mass is 35.5. The van der Waals surface area contributed by atoms with E-state index in [0.29, 0.717) is 11.7 Å². The van der Waals surface area contributed by atoms with Crippen molar-refractivity contribution in [3.8, 4) is 0 Å². The molecule has 3 heterocycles. The molecule has 1 aliphatic carbocycles. The number of rotatable bonds is 5. The summed E-state index contributed by atoms with van der Waals surface area (Å²) in [5, 5.41) is 10.2. The number of aromatic nitrogens is 3. The fourth-order valence-corrected chi connectivity index (χ4v) is 5.74. The van der Waals surface area contributed by atoms with Gasteiger partial charge in [0.1, 0.15) is 17.0 Å². The van der Waals surface area contributed by atoms with E-state index in [9.17, 15) is 8.42 Å². The first-order valence-corrected chi connectivity index (χ1v) is 10.7. The van der Waals surface area contributed by atoms with E-state index in [4.69, 9.17) is 16.7 Å². The SMILES string of the molecule is CCCN(C1CC2(C1)CN(c1ncnn3c(Cl)cc(C)c13)C2)S(N)(=O)=O. The number of hydrogen-bond donors (Lipinski definition) is 1. The van der Waals surface area contributed by atoms with E-state index in [1.54, 1.807) is 4.52 Å². The standard InChI is InChI=1S/C16H23ClN6O2S/c1-3-4-22(26(18,24)25)12-6-16(7-12)8-21(9-16)15-14-11(2)5-13(17)23(14)20-10-19-15/h5,10,12H,3-4,6-9H2,1-2H3,(H2,18,24,25). The monoisotopic (exact) mass is 398 g/mol. The molecule has 1 aliphatic heterocycles. The predicted octanol–water partition coefficient (Wildman–Crippen LogP) is 1.58. The molecule has 8 nitrogen and oxygen atoms in total. The smallest absolute Gasteiger partial charge is 0.277 e. The highest BCUT2D eigenvalue weighted by Crippen LogP contribution is 2.52. The van der Waals surface area contributed by atoms with E-state index in [2.05, 4.69) is 15.0 Å². The summed E-state index contributed by atoms with van der Waals surface area (Å²) in [4.78, 5) is 6.68. The number of halogens is 1. The van der Waals surface area contributed by atoms with Crippen LogP contribution in [0.2, 0.25) is 5.15 Å². The minimum Gasteiger partial charge on any atom is -0.354 e. The summed E-state index contributed by atoms with van der Waals surface area (Å²) in [5.41, 5.74) is 2.13. The van der Waals surface area contributed by atoms with Gasteiger partial charge in [-0.25, -0.2) is 14.6 Å². The summed E-state index contributed by atoms with van der Waals surface area (Å²) in [5.74, 6) is 0.885. The lowest BCUT2D eigenvalue weighted by molar-refractivity contribution is 0.0134. The molecule has 2 aromatic rings. The molecule has 0 atom stereocenters. The van der Waals surface area contributed by atoms with Gasteiger partial charge in [0.15, 0.2) is 5.82 Å². The molecule has 2 fully saturated rings. The van der Waals surface area contributed by atoms with Crippen molar-refractivity contribution < 1.29 is 8.42 Å². The Kier molecular flexibility index (Phi) is 4.18. The van der Waals surface area contributed by atoms with Crippen LogP contribution in [-0.4, -0.2) is 53.0 Å². The molecular weight excluding hydrogens is 376 g/mol. The van der Waals surface area contributed by atoms with Crippen LogP contribution in [0.25, 0.3) is 5.52 Å². The Hall–Kier alpha value is -1.42. The van der Waals surface area contributed by atoms with Gasteiger partial charge in [0.2, 0.25) is 0 Å². The van der Waals surface area contributed by atoms with Crippen LogP contribution in [0.15, 0.2) is 12.4 Å². The van der Waals surface area contributed by atoms with E-state index >= 15 is 0 Å². The topological polar surface area (TPSA) is 96.8 Å². The Labute approximate surface area is 158 Å². The first-order valence-electron chi connectivity index (χ1n) is 8.77. The van der Waals surface area contributed by atoms with Gasteiger partial charge in [-0.15, -0.1) is 0 Å². The van der Waals surface area contributed by atoms with Crippen LogP contribution in [0.5, 0.6) is 0 Å². The molecule has 1 saturated heterocycles. The van der Waals surface area contributed by atoms with Crippen LogP contribution in [0.1, 0.15) is 31.7 Å². The minimum atomic E-state index is -3.64. The quantitative estimate of drug-likeness (QED) is 0.824. The van der Waals surface area contributed by atoms with Gasteiger partial charge in [0, 0.05) is 31.1 Å². The second-order valence-corrected chi connectivity index (χ2v) is 9.45. The second-order valence-electron chi connectivity index (χ2n) is 7.57. The molecule has 2 aromatic heterocycles. The Morgan fingerprint density at radius 1 is 1.42 bits per heavy atom. The molecule has 2 aliphatic rings. The molecule has 2 N–H and O–H groups in total. The fraction of sp³-hybridized carbons (Fsp3) is 0.625. The molecule has 1 saturated carbocycles. The molecule has 26 heavy (non-hydrogen) atoms. The highest BCUT2D eigenvalue weighted by molar-refractivity contribution is 7.86. The molecule has 0 aromatic carbocycles. The molecule has 0 unspecified atom stereocenters. The van der Waals surface area contributed by atoms with E-state index in [1.165, 1.54) is 10.6 Å². The molecule has 10 heteroatoms. The van der Waals surface area contributed by atoms with E-state index < -0.39 is 10.2 Å². The number of hydrogen-bond acceptors (Lipinski definition) is 5. The largest absolute Gasteiger partial charge is 0.354 e. The van der Waals surface area contributed by atoms with Gasteiger partial charge < -0.3 is 4.90 Å². The molecule has 0 radical (unpaired) electrons. The summed E-state index contributed by atoms with van der Waals surface area (Å²) in [6, 6.07) is 1.90. The maximum absolute atomic E-state index is 11.8. The van der Waals surface area contributed by atoms with Crippen LogP contribution in [-0.2, 0) is 10.2 Å². The van der Waals surface area contributed by atoms with Gasteiger partial charge >= 0.3 is 0 Å². The normalized spacial score (nSPS) is 20.0. The Morgan fingerprint density at radius 2 is 2.12 bits per heavy atom. The van der Waals surface area contributed by atoms with Crippen LogP contribution in [0.3, 0.4) is 0 Å². The van der Waals surface area contributed by atoms with Gasteiger partial charge in [0.05, 0.1) is 0 Å². The summed E-state index contributed by atoms with van der Waals surface area (Å²) in [6.07, 6.45) is 3.98. The average Bonchev–Trinajstić information content (AvgIpc) is 2.78. The van der Waals surface area contributed by atoms with Crippen LogP contribution in [0, 0.1) is 12.3 Å². The zero-order valence-corrected chi connectivity index (χ0v) is 16.5. The Bertz CT molecular complexity index is 945. The van der Waals surface area contributed by atoms with Gasteiger partial charge in [-0.05, 0) is 37.8 Å². The van der Waals surface area contributed by atoms with Gasteiger partial charge in [0.25, 0.3) is 10.2 Å². The van der Waals surface area contributed by atoms with Crippen molar-refractivity contribution in [1.29, 1.82) is 0 Å². The Morgan fingerprint density at radius 3 is 2.73 bits per heavy atom. The van der Waals surface area contributed by atoms with Crippen molar-refractivity contribution >= 4 is 33.1 Å². The lowest BCUT2D eigenvalue weighted by atomic mass is 9.60. The third-order valence-corrected chi connectivity index (χ3v) is 6.95. The average molecular weight is 399 g/mol. The maximum atomic E-state index is 11.8. The van der Waals surface area contributed by atoms with Crippen molar-refractivity contribution in [3.63, 3.8) is 0 Å². The number of nitrogens with zero attached hydrogens (tertiary/aromatic N) is 5. The molecule has 142 valence electrons. The van der Waals surface area contributed by atoms with E-state index in [1.807, 2.05) is 19.9 Å². The molecule has 0 amide bonds. The molecule has 0 bridgehead atoms. The van der Waals surface area contributed by atoms with Crippen LogP contribution < -0.4 is 10.0 Å². The molecule has 4 rings (SSSR count). The zero-order chi connectivity index (χ0) is 18.7. The first-order chi connectivity index (χ1) is 12.2. The number of fused-ring (bicyclic) bond motifs is 1. The van der Waals surface area contributed by atoms with Crippen molar-refractivity contribution in [1.82, 2.24) is 18.9 Å². The van der Waals surface area contributed by atoms with Crippen molar-refractivity contribution in [2.45, 2.75) is 39.2 Å².